The van der Waals surface area contributed by atoms with Crippen LogP contribution in [0.2, 0.25) is 0 Å². The Morgan fingerprint density at radius 1 is 1.35 bits per heavy atom. The average molecular weight is 317 g/mol. The topological polar surface area (TPSA) is 59.0 Å². The van der Waals surface area contributed by atoms with Crippen LogP contribution in [-0.4, -0.2) is 44.6 Å². The molecule has 1 aliphatic rings. The van der Waals surface area contributed by atoms with Gasteiger partial charge in [-0.1, -0.05) is 20.8 Å². The molecule has 1 aliphatic heterocycles. The fraction of sp³-hybridized carbons (Fsp3) is 0.647. The van der Waals surface area contributed by atoms with Gasteiger partial charge in [0.2, 0.25) is 0 Å². The van der Waals surface area contributed by atoms with Crippen molar-refractivity contribution in [2.24, 2.45) is 7.05 Å². The number of hydrogen-bond donors (Lipinski definition) is 1. The number of hydrogen-bond acceptors (Lipinski definition) is 4. The average Bonchev–Trinajstić information content (AvgIpc) is 3.07. The highest BCUT2D eigenvalue weighted by atomic mass is 16.5. The Morgan fingerprint density at radius 3 is 2.78 bits per heavy atom. The van der Waals surface area contributed by atoms with Crippen LogP contribution in [0, 0.1) is 0 Å². The van der Waals surface area contributed by atoms with Gasteiger partial charge in [0, 0.05) is 55.1 Å². The Morgan fingerprint density at radius 2 is 2.13 bits per heavy atom. The van der Waals surface area contributed by atoms with Crippen LogP contribution in [0.3, 0.4) is 0 Å². The monoisotopic (exact) mass is 317 g/mol. The number of H-pyrrole nitrogens is 1. The highest BCUT2D eigenvalue weighted by Gasteiger charge is 2.35. The maximum Gasteiger partial charge on any atom is 0.106 e. The zero-order valence-corrected chi connectivity index (χ0v) is 14.8. The van der Waals surface area contributed by atoms with E-state index in [4.69, 9.17) is 4.74 Å². The summed E-state index contributed by atoms with van der Waals surface area (Å²) in [6.07, 6.45) is 5.90. The van der Waals surface area contributed by atoms with Crippen molar-refractivity contribution in [3.8, 4) is 0 Å². The first-order chi connectivity index (χ1) is 10.8. The van der Waals surface area contributed by atoms with Crippen LogP contribution in [0.1, 0.15) is 44.5 Å². The summed E-state index contributed by atoms with van der Waals surface area (Å²) in [7, 11) is 1.94. The molecular weight excluding hydrogens is 290 g/mol. The number of rotatable bonds is 3. The molecular formula is C17H27N5O. The lowest BCUT2D eigenvalue weighted by atomic mass is 9.89. The van der Waals surface area contributed by atoms with E-state index in [9.17, 15) is 0 Å². The van der Waals surface area contributed by atoms with Crippen LogP contribution in [0.25, 0.3) is 0 Å². The summed E-state index contributed by atoms with van der Waals surface area (Å²) in [6, 6.07) is 0. The molecule has 0 bridgehead atoms. The minimum absolute atomic E-state index is 0.0742. The quantitative estimate of drug-likeness (QED) is 0.943. The van der Waals surface area contributed by atoms with E-state index in [0.717, 1.165) is 31.8 Å². The third-order valence-corrected chi connectivity index (χ3v) is 4.53. The molecule has 0 spiro atoms. The van der Waals surface area contributed by atoms with E-state index in [-0.39, 0.29) is 11.0 Å². The van der Waals surface area contributed by atoms with Crippen molar-refractivity contribution in [3.05, 3.63) is 35.4 Å². The maximum atomic E-state index is 6.09. The molecule has 0 amide bonds. The smallest absolute Gasteiger partial charge is 0.106 e. The number of aryl methyl sites for hydroxylation is 1. The Bertz CT molecular complexity index is 669. The molecule has 23 heavy (non-hydrogen) atoms. The molecule has 6 nitrogen and oxygen atoms in total. The van der Waals surface area contributed by atoms with Gasteiger partial charge >= 0.3 is 0 Å². The van der Waals surface area contributed by atoms with Crippen LogP contribution < -0.4 is 0 Å². The van der Waals surface area contributed by atoms with Crippen molar-refractivity contribution in [1.29, 1.82) is 0 Å². The van der Waals surface area contributed by atoms with Crippen molar-refractivity contribution in [2.75, 3.05) is 19.7 Å². The molecule has 0 aliphatic carbocycles. The molecule has 1 unspecified atom stereocenters. The number of morpholine rings is 1. The zero-order valence-electron chi connectivity index (χ0n) is 14.8. The molecule has 0 aromatic carbocycles. The number of nitrogens with one attached hydrogen (secondary N) is 1. The third-order valence-electron chi connectivity index (χ3n) is 4.53. The molecule has 1 N–H and O–H groups in total. The number of nitrogens with zero attached hydrogens (tertiary/aromatic N) is 4. The van der Waals surface area contributed by atoms with Crippen molar-refractivity contribution >= 4 is 0 Å². The largest absolute Gasteiger partial charge is 0.368 e. The first-order valence-electron chi connectivity index (χ1n) is 8.16. The molecule has 1 atom stereocenters. The van der Waals surface area contributed by atoms with E-state index in [2.05, 4.69) is 47.9 Å². The molecule has 1 saturated heterocycles. The Balaban J connectivity index is 1.76. The van der Waals surface area contributed by atoms with E-state index in [0.29, 0.717) is 0 Å². The van der Waals surface area contributed by atoms with Gasteiger partial charge in [-0.3, -0.25) is 14.7 Å². The van der Waals surface area contributed by atoms with Gasteiger partial charge in [-0.2, -0.15) is 10.2 Å². The summed E-state index contributed by atoms with van der Waals surface area (Å²) in [5.41, 5.74) is 3.39. The van der Waals surface area contributed by atoms with Crippen molar-refractivity contribution in [3.63, 3.8) is 0 Å². The molecule has 0 saturated carbocycles. The molecule has 0 radical (unpaired) electrons. The third kappa shape index (κ3) is 3.33. The van der Waals surface area contributed by atoms with Gasteiger partial charge in [-0.15, -0.1) is 0 Å². The molecule has 126 valence electrons. The molecule has 2 aromatic rings. The molecule has 2 aromatic heterocycles. The van der Waals surface area contributed by atoms with E-state index in [1.807, 2.05) is 30.3 Å². The minimum Gasteiger partial charge on any atom is -0.368 e. The highest BCUT2D eigenvalue weighted by Crippen LogP contribution is 2.31. The maximum absolute atomic E-state index is 6.09. The van der Waals surface area contributed by atoms with Crippen LogP contribution in [0.4, 0.5) is 0 Å². The van der Waals surface area contributed by atoms with E-state index >= 15 is 0 Å². The molecule has 3 heterocycles. The fourth-order valence-corrected chi connectivity index (χ4v) is 3.28. The molecule has 3 rings (SSSR count). The second kappa shape index (κ2) is 5.76. The van der Waals surface area contributed by atoms with Crippen LogP contribution in [0.15, 0.2) is 18.6 Å². The van der Waals surface area contributed by atoms with Crippen molar-refractivity contribution < 1.29 is 4.74 Å². The second-order valence-corrected chi connectivity index (χ2v) is 7.71. The van der Waals surface area contributed by atoms with Gasteiger partial charge in [0.1, 0.15) is 5.60 Å². The normalized spacial score (nSPS) is 23.3. The Labute approximate surface area is 137 Å². The van der Waals surface area contributed by atoms with Crippen LogP contribution >= 0.6 is 0 Å². The minimum atomic E-state index is -0.307. The predicted octanol–water partition coefficient (Wildman–Crippen LogP) is 2.19. The number of aromatic amines is 1. The highest BCUT2D eigenvalue weighted by molar-refractivity contribution is 5.24. The summed E-state index contributed by atoms with van der Waals surface area (Å²) in [6.45, 7) is 12.2. The second-order valence-electron chi connectivity index (χ2n) is 7.71. The van der Waals surface area contributed by atoms with Gasteiger partial charge < -0.3 is 4.74 Å². The van der Waals surface area contributed by atoms with Gasteiger partial charge in [-0.25, -0.2) is 0 Å². The number of ether oxygens (including phenoxy) is 1. The predicted molar refractivity (Wildman–Crippen MR) is 89.1 cm³/mol. The summed E-state index contributed by atoms with van der Waals surface area (Å²) in [5, 5.41) is 11.7. The van der Waals surface area contributed by atoms with Crippen LogP contribution in [-0.2, 0) is 29.3 Å². The lowest BCUT2D eigenvalue weighted by molar-refractivity contribution is -0.105. The van der Waals surface area contributed by atoms with E-state index in [1.54, 1.807) is 0 Å². The van der Waals surface area contributed by atoms with Crippen LogP contribution in [0.5, 0.6) is 0 Å². The summed E-state index contributed by atoms with van der Waals surface area (Å²) in [5.74, 6) is 0. The Hall–Kier alpha value is -1.66. The lowest BCUT2D eigenvalue weighted by Gasteiger charge is -2.40. The summed E-state index contributed by atoms with van der Waals surface area (Å²) >= 11 is 0. The SMILES string of the molecule is Cn1cc(C2(C)CN(Cc3cn[nH]c3C(C)(C)C)CCO2)cn1. The van der Waals surface area contributed by atoms with Gasteiger partial charge in [-0.05, 0) is 6.92 Å². The van der Waals surface area contributed by atoms with Gasteiger partial charge in [0.15, 0.2) is 0 Å². The number of aromatic nitrogens is 4. The summed E-state index contributed by atoms with van der Waals surface area (Å²) in [4.78, 5) is 2.44. The summed E-state index contributed by atoms with van der Waals surface area (Å²) < 4.78 is 7.92. The standard InChI is InChI=1S/C17H27N5O/c1-16(2,3)15-13(8-18-20-15)10-22-6-7-23-17(4,12-22)14-9-19-21(5)11-14/h8-9,11H,6-7,10,12H2,1-5H3,(H,18,20). The van der Waals surface area contributed by atoms with E-state index in [1.165, 1.54) is 11.3 Å². The van der Waals surface area contributed by atoms with E-state index < -0.39 is 0 Å². The first kappa shape index (κ1) is 16.2. The lowest BCUT2D eigenvalue weighted by Crippen LogP contribution is -2.47. The molecule has 6 heteroatoms. The van der Waals surface area contributed by atoms with Gasteiger partial charge in [0.05, 0.1) is 19.0 Å². The zero-order chi connectivity index (χ0) is 16.7. The molecule has 1 fully saturated rings. The van der Waals surface area contributed by atoms with Crippen molar-refractivity contribution in [1.82, 2.24) is 24.9 Å². The van der Waals surface area contributed by atoms with Gasteiger partial charge in [0.25, 0.3) is 0 Å². The first-order valence-corrected chi connectivity index (χ1v) is 8.16. The Kier molecular flexibility index (Phi) is 4.06. The van der Waals surface area contributed by atoms with Crippen molar-refractivity contribution in [2.45, 2.75) is 45.3 Å². The fourth-order valence-electron chi connectivity index (χ4n) is 3.28.